The second-order valence-corrected chi connectivity index (χ2v) is 9.45. The molecule has 35 heavy (non-hydrogen) atoms. The number of nitrogens with zero attached hydrogens (tertiary/aromatic N) is 3. The largest absolute Gasteiger partial charge is 0.493 e. The predicted molar refractivity (Wildman–Crippen MR) is 135 cm³/mol. The third-order valence-electron chi connectivity index (χ3n) is 5.59. The molecule has 5 rings (SSSR count). The van der Waals surface area contributed by atoms with E-state index in [1.165, 1.54) is 6.92 Å². The Morgan fingerprint density at radius 1 is 1.14 bits per heavy atom. The van der Waals surface area contributed by atoms with Gasteiger partial charge in [0.1, 0.15) is 12.1 Å². The number of para-hydroxylation sites is 1. The van der Waals surface area contributed by atoms with Crippen LogP contribution in [-0.4, -0.2) is 46.3 Å². The molecule has 2 aromatic carbocycles. The van der Waals surface area contributed by atoms with Crippen molar-refractivity contribution in [3.8, 4) is 32.6 Å². The summed E-state index contributed by atoms with van der Waals surface area (Å²) >= 11 is 8.03. The summed E-state index contributed by atoms with van der Waals surface area (Å²) in [5, 5.41) is 14.6. The van der Waals surface area contributed by atoms with Gasteiger partial charge in [-0.05, 0) is 42.0 Å². The first-order valence-electron chi connectivity index (χ1n) is 11.1. The van der Waals surface area contributed by atoms with Crippen molar-refractivity contribution < 1.29 is 14.3 Å². The summed E-state index contributed by atoms with van der Waals surface area (Å²) in [4.78, 5) is 25.6. The number of hydrogen-bond donors (Lipinski definition) is 2. The summed E-state index contributed by atoms with van der Waals surface area (Å²) in [6, 6.07) is 15.2. The molecule has 0 spiro atoms. The highest BCUT2D eigenvalue weighted by Gasteiger charge is 2.23. The van der Waals surface area contributed by atoms with E-state index in [2.05, 4.69) is 26.9 Å². The zero-order valence-corrected chi connectivity index (χ0v) is 20.4. The average molecular weight is 508 g/mol. The van der Waals surface area contributed by atoms with Crippen molar-refractivity contribution in [3.05, 3.63) is 71.0 Å². The third kappa shape index (κ3) is 4.78. The van der Waals surface area contributed by atoms with Gasteiger partial charge in [-0.1, -0.05) is 23.7 Å². The maximum absolute atomic E-state index is 12.6. The van der Waals surface area contributed by atoms with Crippen LogP contribution in [-0.2, 0) is 11.2 Å². The fourth-order valence-electron chi connectivity index (χ4n) is 3.94. The van der Waals surface area contributed by atoms with Gasteiger partial charge in [-0.15, -0.1) is 21.5 Å². The van der Waals surface area contributed by atoms with Crippen LogP contribution in [0.4, 0.5) is 0 Å². The lowest BCUT2D eigenvalue weighted by molar-refractivity contribution is -0.118. The van der Waals surface area contributed by atoms with Crippen molar-refractivity contribution in [3.63, 3.8) is 0 Å². The molecule has 4 aromatic rings. The van der Waals surface area contributed by atoms with Crippen LogP contribution >= 0.6 is 22.9 Å². The minimum atomic E-state index is -0.217. The number of aromatic nitrogens is 3. The van der Waals surface area contributed by atoms with E-state index in [0.717, 1.165) is 33.0 Å². The van der Waals surface area contributed by atoms with E-state index in [9.17, 15) is 9.59 Å². The van der Waals surface area contributed by atoms with Gasteiger partial charge in [-0.25, -0.2) is 0 Å². The van der Waals surface area contributed by atoms with Crippen molar-refractivity contribution in [1.29, 1.82) is 0 Å². The average Bonchev–Trinajstić information content (AvgIpc) is 3.46. The van der Waals surface area contributed by atoms with Crippen LogP contribution in [0.25, 0.3) is 26.8 Å². The molecule has 0 aliphatic carbocycles. The van der Waals surface area contributed by atoms with E-state index < -0.39 is 0 Å². The Kier molecular flexibility index (Phi) is 6.52. The van der Waals surface area contributed by atoms with Gasteiger partial charge in [0, 0.05) is 42.4 Å². The van der Waals surface area contributed by atoms with Crippen LogP contribution < -0.4 is 15.4 Å². The molecule has 0 fully saturated rings. The SMILES string of the molecule is CC(=O)NCCNC(=O)c1ccc2c(c1)OCCc1cc(-c3nncn3-c3ccccc3Cl)sc1-2. The maximum atomic E-state index is 12.6. The molecule has 2 aromatic heterocycles. The zero-order valence-electron chi connectivity index (χ0n) is 18.9. The number of fused-ring (bicyclic) bond motifs is 3. The van der Waals surface area contributed by atoms with Gasteiger partial charge >= 0.3 is 0 Å². The lowest BCUT2D eigenvalue weighted by Crippen LogP contribution is -2.33. The summed E-state index contributed by atoms with van der Waals surface area (Å²) in [6.45, 7) is 2.67. The quantitative estimate of drug-likeness (QED) is 0.383. The molecule has 0 radical (unpaired) electrons. The third-order valence-corrected chi connectivity index (χ3v) is 7.12. The number of amides is 2. The van der Waals surface area contributed by atoms with Crippen LogP contribution in [0.5, 0.6) is 5.75 Å². The molecule has 2 N–H and O–H groups in total. The summed E-state index contributed by atoms with van der Waals surface area (Å²) in [6.07, 6.45) is 2.40. The highest BCUT2D eigenvalue weighted by atomic mass is 35.5. The zero-order chi connectivity index (χ0) is 24.4. The molecular weight excluding hydrogens is 486 g/mol. The lowest BCUT2D eigenvalue weighted by Gasteiger charge is -2.11. The van der Waals surface area contributed by atoms with Crippen molar-refractivity contribution in [1.82, 2.24) is 25.4 Å². The van der Waals surface area contributed by atoms with Gasteiger partial charge in [0.2, 0.25) is 5.91 Å². The van der Waals surface area contributed by atoms with Crippen LogP contribution in [0.15, 0.2) is 54.9 Å². The minimum absolute atomic E-state index is 0.131. The summed E-state index contributed by atoms with van der Waals surface area (Å²) in [5.74, 6) is 1.04. The first-order chi connectivity index (χ1) is 17.0. The van der Waals surface area contributed by atoms with E-state index in [0.29, 0.717) is 41.9 Å². The fourth-order valence-corrected chi connectivity index (χ4v) is 5.39. The lowest BCUT2D eigenvalue weighted by atomic mass is 10.0. The molecule has 178 valence electrons. The Bertz CT molecular complexity index is 1410. The first-order valence-corrected chi connectivity index (χ1v) is 12.3. The maximum Gasteiger partial charge on any atom is 0.251 e. The molecule has 1 aliphatic rings. The summed E-state index contributed by atoms with van der Waals surface area (Å²) in [5.41, 5.74) is 3.42. The van der Waals surface area contributed by atoms with Crippen molar-refractivity contribution in [2.45, 2.75) is 13.3 Å². The number of benzene rings is 2. The second-order valence-electron chi connectivity index (χ2n) is 7.99. The number of ether oxygens (including phenoxy) is 1. The second kappa shape index (κ2) is 9.89. The molecular formula is C25H22ClN5O3S. The molecule has 10 heteroatoms. The number of halogens is 1. The molecule has 2 amide bonds. The molecule has 0 unspecified atom stereocenters. The number of thiophene rings is 1. The van der Waals surface area contributed by atoms with Crippen molar-refractivity contribution in [2.75, 3.05) is 19.7 Å². The van der Waals surface area contributed by atoms with E-state index in [4.69, 9.17) is 16.3 Å². The van der Waals surface area contributed by atoms with Gasteiger partial charge in [0.25, 0.3) is 5.91 Å². The molecule has 0 atom stereocenters. The number of hydrogen-bond acceptors (Lipinski definition) is 6. The topological polar surface area (TPSA) is 98.1 Å². The standard InChI is InChI=1S/C25H22ClN5O3S/c1-15(32)27-9-10-28-25(33)17-6-7-18-21(12-17)34-11-8-16-13-22(35-23(16)18)24-30-29-14-31(24)20-5-3-2-4-19(20)26/h2-7,12-14H,8-11H2,1H3,(H,27,32)(H,28,33). The van der Waals surface area contributed by atoms with Crippen LogP contribution in [0, 0.1) is 0 Å². The summed E-state index contributed by atoms with van der Waals surface area (Å²) < 4.78 is 7.88. The first kappa shape index (κ1) is 23.1. The highest BCUT2D eigenvalue weighted by molar-refractivity contribution is 7.19. The Hall–Kier alpha value is -3.69. The van der Waals surface area contributed by atoms with Gasteiger partial charge in [0.05, 0.1) is 22.2 Å². The van der Waals surface area contributed by atoms with Crippen LogP contribution in [0.1, 0.15) is 22.8 Å². The number of carbonyl (C=O) groups is 2. The molecule has 8 nitrogen and oxygen atoms in total. The smallest absolute Gasteiger partial charge is 0.251 e. The molecule has 0 saturated carbocycles. The van der Waals surface area contributed by atoms with Crippen LogP contribution in [0.2, 0.25) is 5.02 Å². The monoisotopic (exact) mass is 507 g/mol. The molecule has 0 saturated heterocycles. The Labute approximate surface area is 210 Å². The predicted octanol–water partition coefficient (Wildman–Crippen LogP) is 4.12. The van der Waals surface area contributed by atoms with Gasteiger partial charge in [-0.2, -0.15) is 0 Å². The highest BCUT2D eigenvalue weighted by Crippen LogP contribution is 2.44. The Balaban J connectivity index is 1.43. The van der Waals surface area contributed by atoms with E-state index in [-0.39, 0.29) is 11.8 Å². The van der Waals surface area contributed by atoms with Gasteiger partial charge in [-0.3, -0.25) is 14.2 Å². The molecule has 0 bridgehead atoms. The summed E-state index contributed by atoms with van der Waals surface area (Å²) in [7, 11) is 0. The number of carbonyl (C=O) groups excluding carboxylic acids is 2. The number of nitrogens with one attached hydrogen (secondary N) is 2. The van der Waals surface area contributed by atoms with E-state index in [1.807, 2.05) is 34.9 Å². The minimum Gasteiger partial charge on any atom is -0.493 e. The van der Waals surface area contributed by atoms with E-state index >= 15 is 0 Å². The fraction of sp³-hybridized carbons (Fsp3) is 0.200. The van der Waals surface area contributed by atoms with Crippen molar-refractivity contribution in [2.24, 2.45) is 0 Å². The molecule has 1 aliphatic heterocycles. The number of rotatable bonds is 6. The Morgan fingerprint density at radius 2 is 1.97 bits per heavy atom. The molecule has 3 heterocycles. The van der Waals surface area contributed by atoms with Gasteiger partial charge in [0.15, 0.2) is 5.82 Å². The van der Waals surface area contributed by atoms with Gasteiger partial charge < -0.3 is 15.4 Å². The van der Waals surface area contributed by atoms with Crippen molar-refractivity contribution >= 4 is 34.8 Å². The van der Waals surface area contributed by atoms with E-state index in [1.54, 1.807) is 29.8 Å². The Morgan fingerprint density at radius 3 is 2.80 bits per heavy atom. The van der Waals surface area contributed by atoms with Crippen LogP contribution in [0.3, 0.4) is 0 Å². The normalized spacial score (nSPS) is 12.2.